The van der Waals surface area contributed by atoms with Crippen molar-refractivity contribution in [2.75, 3.05) is 12.4 Å². The van der Waals surface area contributed by atoms with Crippen molar-refractivity contribution in [2.45, 2.75) is 6.61 Å². The highest BCUT2D eigenvalue weighted by Gasteiger charge is 2.14. The molecule has 1 N–H and O–H groups in total. The summed E-state index contributed by atoms with van der Waals surface area (Å²) in [7, 11) is 1.53. The second kappa shape index (κ2) is 8.64. The highest BCUT2D eigenvalue weighted by Crippen LogP contribution is 2.31. The van der Waals surface area contributed by atoms with Gasteiger partial charge >= 0.3 is 0 Å². The summed E-state index contributed by atoms with van der Waals surface area (Å²) in [6.07, 6.45) is 3.36. The molecule has 0 saturated heterocycles. The molecule has 0 aliphatic heterocycles. The molecular weight excluding hydrogens is 415 g/mol. The first kappa shape index (κ1) is 18.8. The molecule has 1 heterocycles. The molecule has 5 nitrogen and oxygen atoms in total. The number of benzene rings is 2. The summed E-state index contributed by atoms with van der Waals surface area (Å²) in [6, 6.07) is 12.8. The number of aromatic nitrogens is 1. The number of hydrogen-bond acceptors (Lipinski definition) is 4. The van der Waals surface area contributed by atoms with Crippen molar-refractivity contribution in [3.8, 4) is 11.5 Å². The van der Waals surface area contributed by atoms with Gasteiger partial charge in [-0.3, -0.25) is 9.78 Å². The molecule has 0 saturated carbocycles. The lowest BCUT2D eigenvalue weighted by molar-refractivity contribution is 0.102. The summed E-state index contributed by atoms with van der Waals surface area (Å²) in [5.41, 5.74) is 1.35. The predicted molar refractivity (Wildman–Crippen MR) is 104 cm³/mol. The molecular formula is C20H16BrFN2O3. The van der Waals surface area contributed by atoms with Crippen LogP contribution in [0.15, 0.2) is 65.4 Å². The molecule has 0 fully saturated rings. The van der Waals surface area contributed by atoms with Crippen LogP contribution in [0.1, 0.15) is 15.9 Å². The van der Waals surface area contributed by atoms with Crippen molar-refractivity contribution in [3.63, 3.8) is 0 Å². The van der Waals surface area contributed by atoms with Crippen LogP contribution in [0.5, 0.6) is 11.5 Å². The molecule has 0 aliphatic rings. The Morgan fingerprint density at radius 3 is 2.63 bits per heavy atom. The number of anilines is 1. The van der Waals surface area contributed by atoms with Crippen molar-refractivity contribution in [2.24, 2.45) is 0 Å². The van der Waals surface area contributed by atoms with E-state index in [-0.39, 0.29) is 5.56 Å². The number of carbonyl (C=O) groups is 1. The van der Waals surface area contributed by atoms with Crippen LogP contribution in [-0.2, 0) is 6.61 Å². The fraction of sp³-hybridized carbons (Fsp3) is 0.100. The number of amides is 1. The average Bonchev–Trinajstić information content (AvgIpc) is 2.69. The Labute approximate surface area is 164 Å². The van der Waals surface area contributed by atoms with E-state index >= 15 is 0 Å². The zero-order valence-electron chi connectivity index (χ0n) is 14.4. The van der Waals surface area contributed by atoms with E-state index < -0.39 is 11.7 Å². The van der Waals surface area contributed by atoms with Crippen molar-refractivity contribution in [3.05, 3.63) is 82.3 Å². The molecule has 1 amide bonds. The smallest absolute Gasteiger partial charge is 0.258 e. The Hall–Kier alpha value is -2.93. The Morgan fingerprint density at radius 1 is 1.11 bits per heavy atom. The van der Waals surface area contributed by atoms with Crippen molar-refractivity contribution in [1.29, 1.82) is 0 Å². The van der Waals surface area contributed by atoms with E-state index in [2.05, 4.69) is 26.2 Å². The van der Waals surface area contributed by atoms with Gasteiger partial charge in [0.2, 0.25) is 0 Å². The second-order valence-corrected chi connectivity index (χ2v) is 6.50. The van der Waals surface area contributed by atoms with Gasteiger partial charge in [-0.25, -0.2) is 4.39 Å². The van der Waals surface area contributed by atoms with Crippen LogP contribution in [0.25, 0.3) is 0 Å². The maximum Gasteiger partial charge on any atom is 0.258 e. The lowest BCUT2D eigenvalue weighted by Crippen LogP contribution is -2.14. The summed E-state index contributed by atoms with van der Waals surface area (Å²) < 4.78 is 25.6. The van der Waals surface area contributed by atoms with E-state index in [1.165, 1.54) is 25.3 Å². The maximum atomic E-state index is 13.9. The Morgan fingerprint density at radius 2 is 1.89 bits per heavy atom. The fourth-order valence-corrected chi connectivity index (χ4v) is 2.74. The highest BCUT2D eigenvalue weighted by atomic mass is 79.9. The molecule has 0 spiro atoms. The van der Waals surface area contributed by atoms with Crippen LogP contribution in [0.2, 0.25) is 0 Å². The van der Waals surface area contributed by atoms with Gasteiger partial charge in [-0.15, -0.1) is 0 Å². The number of pyridine rings is 1. The van der Waals surface area contributed by atoms with Crippen LogP contribution >= 0.6 is 15.9 Å². The quantitative estimate of drug-likeness (QED) is 0.608. The largest absolute Gasteiger partial charge is 0.493 e. The van der Waals surface area contributed by atoms with E-state index in [1.807, 2.05) is 12.1 Å². The van der Waals surface area contributed by atoms with Gasteiger partial charge < -0.3 is 14.8 Å². The summed E-state index contributed by atoms with van der Waals surface area (Å²) in [6.45, 7) is 0.316. The molecule has 7 heteroatoms. The Balaban J connectivity index is 1.78. The van der Waals surface area contributed by atoms with Crippen molar-refractivity contribution < 1.29 is 18.7 Å². The van der Waals surface area contributed by atoms with Gasteiger partial charge in [0.25, 0.3) is 5.91 Å². The van der Waals surface area contributed by atoms with E-state index in [4.69, 9.17) is 9.47 Å². The molecule has 3 aromatic rings. The first-order chi connectivity index (χ1) is 13.1. The van der Waals surface area contributed by atoms with E-state index in [0.29, 0.717) is 28.3 Å². The van der Waals surface area contributed by atoms with E-state index in [9.17, 15) is 9.18 Å². The van der Waals surface area contributed by atoms with Crippen LogP contribution in [0.3, 0.4) is 0 Å². The lowest BCUT2D eigenvalue weighted by Gasteiger charge is -2.13. The van der Waals surface area contributed by atoms with Crippen molar-refractivity contribution >= 4 is 27.5 Å². The number of carbonyl (C=O) groups excluding carboxylic acids is 1. The molecule has 27 heavy (non-hydrogen) atoms. The molecule has 3 rings (SSSR count). The third-order valence-corrected chi connectivity index (χ3v) is 4.23. The standard InChI is InChI=1S/C20H16BrFN2O3/c1-26-18-5-3-15(11-19(18)27-12-13-6-8-23-9-7-13)24-20(25)16-10-14(21)2-4-17(16)22/h2-11H,12H2,1H3,(H,24,25). The maximum absolute atomic E-state index is 13.9. The third-order valence-electron chi connectivity index (χ3n) is 3.74. The van der Waals surface area contributed by atoms with Gasteiger partial charge in [0.05, 0.1) is 12.7 Å². The minimum atomic E-state index is -0.599. The predicted octanol–water partition coefficient (Wildman–Crippen LogP) is 4.82. The SMILES string of the molecule is COc1ccc(NC(=O)c2cc(Br)ccc2F)cc1OCc1ccncc1. The van der Waals surface area contributed by atoms with Crippen LogP contribution in [0, 0.1) is 5.82 Å². The summed E-state index contributed by atoms with van der Waals surface area (Å²) in [4.78, 5) is 16.3. The number of ether oxygens (including phenoxy) is 2. The minimum absolute atomic E-state index is 0.0561. The summed E-state index contributed by atoms with van der Waals surface area (Å²) in [5.74, 6) is -0.171. The Bertz CT molecular complexity index is 951. The zero-order chi connectivity index (χ0) is 19.2. The first-order valence-electron chi connectivity index (χ1n) is 8.03. The normalized spacial score (nSPS) is 10.3. The van der Waals surface area contributed by atoms with Gasteiger partial charge in [-0.1, -0.05) is 15.9 Å². The fourth-order valence-electron chi connectivity index (χ4n) is 2.38. The zero-order valence-corrected chi connectivity index (χ0v) is 16.0. The van der Waals surface area contributed by atoms with Gasteiger partial charge in [-0.05, 0) is 48.0 Å². The summed E-state index contributed by atoms with van der Waals surface area (Å²) >= 11 is 3.24. The number of nitrogens with zero attached hydrogens (tertiary/aromatic N) is 1. The molecule has 138 valence electrons. The molecule has 0 unspecified atom stereocenters. The number of hydrogen-bond donors (Lipinski definition) is 1. The number of methoxy groups -OCH3 is 1. The number of halogens is 2. The molecule has 0 bridgehead atoms. The van der Waals surface area contributed by atoms with Crippen LogP contribution in [-0.4, -0.2) is 18.0 Å². The topological polar surface area (TPSA) is 60.5 Å². The van der Waals surface area contributed by atoms with Crippen molar-refractivity contribution in [1.82, 2.24) is 4.98 Å². The third kappa shape index (κ3) is 4.83. The summed E-state index contributed by atoms with van der Waals surface area (Å²) in [5, 5.41) is 2.67. The molecule has 0 aliphatic carbocycles. The van der Waals surface area contributed by atoms with Gasteiger partial charge in [0.1, 0.15) is 12.4 Å². The number of rotatable bonds is 6. The molecule has 1 aromatic heterocycles. The van der Waals surface area contributed by atoms with Gasteiger partial charge in [0, 0.05) is 28.6 Å². The monoisotopic (exact) mass is 430 g/mol. The van der Waals surface area contributed by atoms with E-state index in [1.54, 1.807) is 30.6 Å². The molecule has 0 radical (unpaired) electrons. The van der Waals surface area contributed by atoms with Crippen LogP contribution in [0.4, 0.5) is 10.1 Å². The van der Waals surface area contributed by atoms with E-state index in [0.717, 1.165) is 5.56 Å². The highest BCUT2D eigenvalue weighted by molar-refractivity contribution is 9.10. The average molecular weight is 431 g/mol. The molecule has 2 aromatic carbocycles. The first-order valence-corrected chi connectivity index (χ1v) is 8.82. The minimum Gasteiger partial charge on any atom is -0.493 e. The van der Waals surface area contributed by atoms with Gasteiger partial charge in [0.15, 0.2) is 11.5 Å². The number of nitrogens with one attached hydrogen (secondary N) is 1. The van der Waals surface area contributed by atoms with Crippen LogP contribution < -0.4 is 14.8 Å². The Kier molecular flexibility index (Phi) is 6.03. The lowest BCUT2D eigenvalue weighted by atomic mass is 10.2. The molecule has 0 atom stereocenters. The van der Waals surface area contributed by atoms with Gasteiger partial charge in [-0.2, -0.15) is 0 Å². The second-order valence-electron chi connectivity index (χ2n) is 5.59.